The van der Waals surface area contributed by atoms with Gasteiger partial charge in [0.05, 0.1) is 0 Å². The maximum absolute atomic E-state index is 13.7. The minimum absolute atomic E-state index is 0.108. The highest BCUT2D eigenvalue weighted by atomic mass is 19.3. The van der Waals surface area contributed by atoms with Crippen molar-refractivity contribution in [1.82, 2.24) is 0 Å². The van der Waals surface area contributed by atoms with Crippen molar-refractivity contribution >= 4 is 12.2 Å². The van der Waals surface area contributed by atoms with Gasteiger partial charge in [0.2, 0.25) is 12.2 Å². The molecule has 0 heterocycles. The van der Waals surface area contributed by atoms with Crippen molar-refractivity contribution in [3.63, 3.8) is 0 Å². The number of hydrogen-bond acceptors (Lipinski definition) is 4. The summed E-state index contributed by atoms with van der Waals surface area (Å²) in [5.74, 6) is -2.66. The fourth-order valence-corrected chi connectivity index (χ4v) is 3.55. The van der Waals surface area contributed by atoms with E-state index in [0.29, 0.717) is 18.6 Å². The van der Waals surface area contributed by atoms with Crippen LogP contribution in [0.5, 0.6) is 0 Å². The van der Waals surface area contributed by atoms with Gasteiger partial charge in [0.15, 0.2) is 0 Å². The standard InChI is InChI=1S/C22H36F4N2O2/c1-2-3-4-5-6-7-8-9-10-11-12-13-14-15-16-17-20(21(23,24)27-18-29)22(25,26)28-19-30/h20H,2-17H2,1H3. The zero-order valence-corrected chi connectivity index (χ0v) is 18.1. The first-order valence-corrected chi connectivity index (χ1v) is 11.3. The van der Waals surface area contributed by atoms with Crippen LogP contribution in [-0.4, -0.2) is 24.3 Å². The molecule has 30 heavy (non-hydrogen) atoms. The summed E-state index contributed by atoms with van der Waals surface area (Å²) in [4.78, 5) is 24.6. The van der Waals surface area contributed by atoms with Crippen LogP contribution in [0, 0.1) is 5.92 Å². The molecule has 8 heteroatoms. The van der Waals surface area contributed by atoms with Gasteiger partial charge in [-0.2, -0.15) is 17.6 Å². The molecule has 0 atom stereocenters. The first-order valence-electron chi connectivity index (χ1n) is 11.3. The van der Waals surface area contributed by atoms with E-state index in [1.165, 1.54) is 57.8 Å². The number of rotatable bonds is 20. The SMILES string of the molecule is CCCCCCCCCCCCCCCCCC(C(F)(F)N=C=O)C(F)(F)N=C=O. The van der Waals surface area contributed by atoms with E-state index in [4.69, 9.17) is 0 Å². The Bertz CT molecular complexity index is 501. The molecule has 0 bridgehead atoms. The summed E-state index contributed by atoms with van der Waals surface area (Å²) in [5.41, 5.74) is 0. The molecule has 0 aromatic carbocycles. The van der Waals surface area contributed by atoms with Crippen molar-refractivity contribution in [2.75, 3.05) is 0 Å². The number of hydrogen-bond donors (Lipinski definition) is 0. The number of halogens is 4. The van der Waals surface area contributed by atoms with Crippen LogP contribution >= 0.6 is 0 Å². The van der Waals surface area contributed by atoms with E-state index in [0.717, 1.165) is 25.7 Å². The normalized spacial score (nSPS) is 12.8. The minimum atomic E-state index is -4.33. The van der Waals surface area contributed by atoms with Crippen molar-refractivity contribution in [2.24, 2.45) is 15.9 Å². The molecular weight excluding hydrogens is 400 g/mol. The van der Waals surface area contributed by atoms with Crippen LogP contribution < -0.4 is 0 Å². The zero-order chi connectivity index (χ0) is 22.7. The third kappa shape index (κ3) is 13.7. The molecule has 0 amide bonds. The van der Waals surface area contributed by atoms with Gasteiger partial charge in [0.25, 0.3) is 0 Å². The molecule has 0 aliphatic rings. The van der Waals surface area contributed by atoms with Gasteiger partial charge >= 0.3 is 12.1 Å². The van der Waals surface area contributed by atoms with Crippen LogP contribution in [0.4, 0.5) is 17.6 Å². The van der Waals surface area contributed by atoms with Gasteiger partial charge in [-0.1, -0.05) is 103 Å². The van der Waals surface area contributed by atoms with Crippen LogP contribution in [0.25, 0.3) is 0 Å². The highest BCUT2D eigenvalue weighted by Crippen LogP contribution is 2.42. The van der Waals surface area contributed by atoms with Gasteiger partial charge < -0.3 is 0 Å². The van der Waals surface area contributed by atoms with Gasteiger partial charge in [0, 0.05) is 0 Å². The van der Waals surface area contributed by atoms with Crippen LogP contribution in [0.1, 0.15) is 110 Å². The van der Waals surface area contributed by atoms with Gasteiger partial charge in [-0.15, -0.1) is 9.98 Å². The highest BCUT2D eigenvalue weighted by molar-refractivity contribution is 5.35. The van der Waals surface area contributed by atoms with Gasteiger partial charge in [-0.3, -0.25) is 0 Å². The molecule has 0 aromatic heterocycles. The van der Waals surface area contributed by atoms with Gasteiger partial charge in [-0.25, -0.2) is 9.59 Å². The Morgan fingerprint density at radius 2 is 0.900 bits per heavy atom. The van der Waals surface area contributed by atoms with Gasteiger partial charge in [0.1, 0.15) is 5.92 Å². The lowest BCUT2D eigenvalue weighted by molar-refractivity contribution is -0.166. The Kier molecular flexibility index (Phi) is 16.3. The van der Waals surface area contributed by atoms with E-state index in [-0.39, 0.29) is 6.42 Å². The largest absolute Gasteiger partial charge is 0.362 e. The number of nitrogens with zero attached hydrogens (tertiary/aromatic N) is 2. The molecule has 0 rings (SSSR count). The second-order valence-corrected chi connectivity index (χ2v) is 7.87. The number of isocyanates is 2. The van der Waals surface area contributed by atoms with E-state index in [1.54, 1.807) is 0 Å². The number of alkyl halides is 4. The summed E-state index contributed by atoms with van der Waals surface area (Å²) in [6, 6.07) is -8.66. The summed E-state index contributed by atoms with van der Waals surface area (Å²) in [5, 5.41) is 0. The predicted molar refractivity (Wildman–Crippen MR) is 109 cm³/mol. The Labute approximate surface area is 177 Å². The van der Waals surface area contributed by atoms with E-state index < -0.39 is 24.4 Å². The molecule has 0 saturated heterocycles. The Morgan fingerprint density at radius 3 is 1.20 bits per heavy atom. The number of unbranched alkanes of at least 4 members (excludes halogenated alkanes) is 14. The summed E-state index contributed by atoms with van der Waals surface area (Å²) < 4.78 is 54.8. The molecule has 4 nitrogen and oxygen atoms in total. The van der Waals surface area contributed by atoms with Gasteiger partial charge in [-0.05, 0) is 6.42 Å². The summed E-state index contributed by atoms with van der Waals surface area (Å²) >= 11 is 0. The lowest BCUT2D eigenvalue weighted by atomic mass is 9.95. The van der Waals surface area contributed by atoms with Crippen LogP contribution in [0.2, 0.25) is 0 Å². The first-order chi connectivity index (χ1) is 14.3. The molecule has 0 N–H and O–H groups in total. The second-order valence-electron chi connectivity index (χ2n) is 7.87. The van der Waals surface area contributed by atoms with Crippen molar-refractivity contribution in [3.8, 4) is 0 Å². The van der Waals surface area contributed by atoms with Crippen molar-refractivity contribution in [3.05, 3.63) is 0 Å². The topological polar surface area (TPSA) is 58.9 Å². The predicted octanol–water partition coefficient (Wildman–Crippen LogP) is 7.72. The fraction of sp³-hybridized carbons (Fsp3) is 0.909. The molecule has 0 unspecified atom stereocenters. The highest BCUT2D eigenvalue weighted by Gasteiger charge is 2.55. The molecule has 0 radical (unpaired) electrons. The third-order valence-electron chi connectivity index (χ3n) is 5.32. The van der Waals surface area contributed by atoms with Crippen LogP contribution in [0.3, 0.4) is 0 Å². The monoisotopic (exact) mass is 436 g/mol. The van der Waals surface area contributed by atoms with E-state index in [1.807, 2.05) is 0 Å². The lowest BCUT2D eigenvalue weighted by Gasteiger charge is -2.26. The first kappa shape index (κ1) is 28.5. The molecule has 0 spiro atoms. The number of carbonyl (C=O) groups excluding carboxylic acids is 2. The van der Waals surface area contributed by atoms with Crippen LogP contribution in [-0.2, 0) is 9.59 Å². The molecule has 0 aromatic rings. The summed E-state index contributed by atoms with van der Waals surface area (Å²) in [7, 11) is 0. The maximum atomic E-state index is 13.7. The fourth-order valence-electron chi connectivity index (χ4n) is 3.55. The second kappa shape index (κ2) is 17.2. The zero-order valence-electron chi connectivity index (χ0n) is 18.1. The van der Waals surface area contributed by atoms with Crippen molar-refractivity contribution in [2.45, 2.75) is 122 Å². The minimum Gasteiger partial charge on any atom is -0.211 e. The molecule has 0 saturated carbocycles. The quantitative estimate of drug-likeness (QED) is 0.0645. The number of aliphatic imine (C=N–C) groups is 2. The maximum Gasteiger partial charge on any atom is 0.362 e. The Hall–Kier alpha value is -1.52. The molecule has 0 fully saturated rings. The van der Waals surface area contributed by atoms with E-state index in [2.05, 4.69) is 16.9 Å². The molecular formula is C22H36F4N2O2. The van der Waals surface area contributed by atoms with E-state index >= 15 is 0 Å². The third-order valence-corrected chi connectivity index (χ3v) is 5.32. The Morgan fingerprint density at radius 1 is 0.600 bits per heavy atom. The van der Waals surface area contributed by atoms with Crippen molar-refractivity contribution < 1.29 is 27.2 Å². The summed E-state index contributed by atoms with van der Waals surface area (Å²) in [6.45, 7) is 2.21. The van der Waals surface area contributed by atoms with E-state index in [9.17, 15) is 27.2 Å². The Balaban J connectivity index is 3.91. The van der Waals surface area contributed by atoms with Crippen LogP contribution in [0.15, 0.2) is 9.98 Å². The average molecular weight is 437 g/mol. The molecule has 174 valence electrons. The molecule has 0 aliphatic carbocycles. The molecule has 0 aliphatic heterocycles. The summed E-state index contributed by atoms with van der Waals surface area (Å²) in [6.07, 6.45) is 16.6. The smallest absolute Gasteiger partial charge is 0.211 e. The lowest BCUT2D eigenvalue weighted by Crippen LogP contribution is -2.39. The van der Waals surface area contributed by atoms with Crippen molar-refractivity contribution in [1.29, 1.82) is 0 Å². The average Bonchev–Trinajstić information content (AvgIpc) is 2.67.